The maximum atomic E-state index is 12.6. The molecule has 1 aromatic rings. The van der Waals surface area contributed by atoms with E-state index >= 15 is 0 Å². The number of anilines is 1. The second-order valence-corrected chi connectivity index (χ2v) is 5.29. The summed E-state index contributed by atoms with van der Waals surface area (Å²) in [7, 11) is 0. The molecule has 0 bridgehead atoms. The SMILES string of the molecule is CCC1CCCC(Oc2cc(C(F)(F)F)ncc2N)C1. The summed E-state index contributed by atoms with van der Waals surface area (Å²) >= 11 is 0. The van der Waals surface area contributed by atoms with Gasteiger partial charge in [-0.1, -0.05) is 19.8 Å². The number of hydrogen-bond acceptors (Lipinski definition) is 3. The first-order valence-corrected chi connectivity index (χ1v) is 6.89. The van der Waals surface area contributed by atoms with Crippen molar-refractivity contribution < 1.29 is 17.9 Å². The molecule has 0 spiro atoms. The number of rotatable bonds is 3. The van der Waals surface area contributed by atoms with Gasteiger partial charge < -0.3 is 10.5 Å². The molecule has 2 N–H and O–H groups in total. The zero-order chi connectivity index (χ0) is 14.8. The Kier molecular flexibility index (Phi) is 4.40. The van der Waals surface area contributed by atoms with Crippen LogP contribution in [0.15, 0.2) is 12.3 Å². The van der Waals surface area contributed by atoms with Crippen LogP contribution in [-0.4, -0.2) is 11.1 Å². The van der Waals surface area contributed by atoms with E-state index < -0.39 is 11.9 Å². The highest BCUT2D eigenvalue weighted by Gasteiger charge is 2.33. The topological polar surface area (TPSA) is 48.1 Å². The van der Waals surface area contributed by atoms with Crippen molar-refractivity contribution in [1.82, 2.24) is 4.98 Å². The molecule has 112 valence electrons. The van der Waals surface area contributed by atoms with Gasteiger partial charge in [0.2, 0.25) is 0 Å². The number of halogens is 3. The zero-order valence-corrected chi connectivity index (χ0v) is 11.4. The van der Waals surface area contributed by atoms with Crippen LogP contribution in [0.5, 0.6) is 5.75 Å². The van der Waals surface area contributed by atoms with E-state index in [2.05, 4.69) is 11.9 Å². The fourth-order valence-electron chi connectivity index (χ4n) is 2.60. The Morgan fingerprint density at radius 1 is 1.40 bits per heavy atom. The van der Waals surface area contributed by atoms with E-state index in [4.69, 9.17) is 10.5 Å². The first kappa shape index (κ1) is 14.9. The monoisotopic (exact) mass is 288 g/mol. The molecule has 0 radical (unpaired) electrons. The van der Waals surface area contributed by atoms with Gasteiger partial charge in [-0.15, -0.1) is 0 Å². The maximum absolute atomic E-state index is 12.6. The first-order valence-electron chi connectivity index (χ1n) is 6.89. The van der Waals surface area contributed by atoms with Crippen molar-refractivity contribution in [2.75, 3.05) is 5.73 Å². The van der Waals surface area contributed by atoms with Crippen LogP contribution in [0.4, 0.5) is 18.9 Å². The van der Waals surface area contributed by atoms with Gasteiger partial charge in [0.1, 0.15) is 11.4 Å². The Bertz CT molecular complexity index is 462. The van der Waals surface area contributed by atoms with E-state index in [9.17, 15) is 13.2 Å². The second kappa shape index (κ2) is 5.89. The minimum atomic E-state index is -4.48. The third-order valence-corrected chi connectivity index (χ3v) is 3.79. The second-order valence-electron chi connectivity index (χ2n) is 5.29. The van der Waals surface area contributed by atoms with Gasteiger partial charge >= 0.3 is 6.18 Å². The van der Waals surface area contributed by atoms with Crippen LogP contribution in [0.3, 0.4) is 0 Å². The molecular weight excluding hydrogens is 269 g/mol. The van der Waals surface area contributed by atoms with Crippen LogP contribution < -0.4 is 10.5 Å². The molecule has 1 fully saturated rings. The Labute approximate surface area is 116 Å². The van der Waals surface area contributed by atoms with Crippen LogP contribution >= 0.6 is 0 Å². The van der Waals surface area contributed by atoms with E-state index in [1.807, 2.05) is 0 Å². The van der Waals surface area contributed by atoms with Gasteiger partial charge in [-0.25, -0.2) is 4.98 Å². The van der Waals surface area contributed by atoms with Crippen LogP contribution in [0.1, 0.15) is 44.7 Å². The van der Waals surface area contributed by atoms with Crippen molar-refractivity contribution in [3.8, 4) is 5.75 Å². The van der Waals surface area contributed by atoms with Crippen molar-refractivity contribution in [2.45, 2.75) is 51.3 Å². The fraction of sp³-hybridized carbons (Fsp3) is 0.643. The zero-order valence-electron chi connectivity index (χ0n) is 11.4. The smallest absolute Gasteiger partial charge is 0.433 e. The van der Waals surface area contributed by atoms with Gasteiger partial charge in [0.15, 0.2) is 0 Å². The van der Waals surface area contributed by atoms with Gasteiger partial charge in [0.25, 0.3) is 0 Å². The molecule has 0 amide bonds. The summed E-state index contributed by atoms with van der Waals surface area (Å²) in [5.41, 5.74) is 4.84. The quantitative estimate of drug-likeness (QED) is 0.913. The number of nitrogen functional groups attached to an aromatic ring is 1. The van der Waals surface area contributed by atoms with E-state index in [0.29, 0.717) is 5.92 Å². The predicted molar refractivity (Wildman–Crippen MR) is 70.3 cm³/mol. The minimum absolute atomic E-state index is 0.0560. The molecule has 1 aliphatic carbocycles. The molecule has 2 rings (SSSR count). The molecule has 3 nitrogen and oxygen atoms in total. The third kappa shape index (κ3) is 3.55. The van der Waals surface area contributed by atoms with Crippen LogP contribution in [-0.2, 0) is 6.18 Å². The lowest BCUT2D eigenvalue weighted by Crippen LogP contribution is -2.25. The van der Waals surface area contributed by atoms with E-state index in [1.165, 1.54) is 0 Å². The minimum Gasteiger partial charge on any atom is -0.488 e. The molecular formula is C14H19F3N2O. The molecule has 1 saturated carbocycles. The maximum Gasteiger partial charge on any atom is 0.433 e. The van der Waals surface area contributed by atoms with E-state index in [1.54, 1.807) is 0 Å². The van der Waals surface area contributed by atoms with Gasteiger partial charge in [-0.2, -0.15) is 13.2 Å². The molecule has 0 saturated heterocycles. The highest BCUT2D eigenvalue weighted by Crippen LogP contribution is 2.35. The normalized spacial score (nSPS) is 23.6. The van der Waals surface area contributed by atoms with Crippen molar-refractivity contribution in [3.63, 3.8) is 0 Å². The average Bonchev–Trinajstić information content (AvgIpc) is 2.40. The lowest BCUT2D eigenvalue weighted by molar-refractivity contribution is -0.141. The standard InChI is InChI=1S/C14H19F3N2O/c1-2-9-4-3-5-10(6-9)20-12-7-13(14(15,16)17)19-8-11(12)18/h7-10H,2-6,18H2,1H3. The summed E-state index contributed by atoms with van der Waals surface area (Å²) in [6, 6.07) is 0.894. The largest absolute Gasteiger partial charge is 0.488 e. The van der Waals surface area contributed by atoms with Gasteiger partial charge in [0, 0.05) is 6.07 Å². The van der Waals surface area contributed by atoms with Crippen molar-refractivity contribution >= 4 is 5.69 Å². The predicted octanol–water partition coefficient (Wildman–Crippen LogP) is 4.03. The molecule has 6 heteroatoms. The number of ether oxygens (including phenoxy) is 1. The molecule has 1 heterocycles. The number of aromatic nitrogens is 1. The molecule has 2 unspecified atom stereocenters. The first-order chi connectivity index (χ1) is 9.40. The lowest BCUT2D eigenvalue weighted by Gasteiger charge is -2.29. The summed E-state index contributed by atoms with van der Waals surface area (Å²) in [6.45, 7) is 2.12. The average molecular weight is 288 g/mol. The Balaban J connectivity index is 2.12. The lowest BCUT2D eigenvalue weighted by atomic mass is 9.85. The molecule has 20 heavy (non-hydrogen) atoms. The molecule has 0 aromatic carbocycles. The number of pyridine rings is 1. The number of nitrogens with two attached hydrogens (primary N) is 1. The van der Waals surface area contributed by atoms with E-state index in [0.717, 1.165) is 44.4 Å². The van der Waals surface area contributed by atoms with Crippen LogP contribution in [0.2, 0.25) is 0 Å². The summed E-state index contributed by atoms with van der Waals surface area (Å²) in [5.74, 6) is 0.674. The number of alkyl halides is 3. The van der Waals surface area contributed by atoms with Crippen molar-refractivity contribution in [1.29, 1.82) is 0 Å². The fourth-order valence-corrected chi connectivity index (χ4v) is 2.60. The summed E-state index contributed by atoms with van der Waals surface area (Å²) in [5, 5.41) is 0. The van der Waals surface area contributed by atoms with Gasteiger partial charge in [-0.05, 0) is 25.2 Å². The Morgan fingerprint density at radius 2 is 2.15 bits per heavy atom. The summed E-state index contributed by atoms with van der Waals surface area (Å²) < 4.78 is 43.6. The number of hydrogen-bond donors (Lipinski definition) is 1. The molecule has 0 aliphatic heterocycles. The highest BCUT2D eigenvalue weighted by atomic mass is 19.4. The highest BCUT2D eigenvalue weighted by molar-refractivity contribution is 5.51. The van der Waals surface area contributed by atoms with Crippen molar-refractivity contribution in [3.05, 3.63) is 18.0 Å². The number of nitrogens with zero attached hydrogens (tertiary/aromatic N) is 1. The summed E-state index contributed by atoms with van der Waals surface area (Å²) in [4.78, 5) is 3.30. The Hall–Kier alpha value is -1.46. The van der Waals surface area contributed by atoms with Crippen LogP contribution in [0.25, 0.3) is 0 Å². The Morgan fingerprint density at radius 3 is 2.80 bits per heavy atom. The molecule has 1 aromatic heterocycles. The van der Waals surface area contributed by atoms with E-state index in [-0.39, 0.29) is 17.5 Å². The van der Waals surface area contributed by atoms with Gasteiger partial charge in [-0.3, -0.25) is 0 Å². The van der Waals surface area contributed by atoms with Crippen LogP contribution in [0, 0.1) is 5.92 Å². The summed E-state index contributed by atoms with van der Waals surface area (Å²) in [6.07, 6.45) is 1.48. The van der Waals surface area contributed by atoms with Gasteiger partial charge in [0.05, 0.1) is 18.0 Å². The molecule has 1 aliphatic rings. The third-order valence-electron chi connectivity index (χ3n) is 3.79. The van der Waals surface area contributed by atoms with Crippen molar-refractivity contribution in [2.24, 2.45) is 5.92 Å². The molecule has 2 atom stereocenters.